The number of carbonyl (C=O) groups is 2. The lowest BCUT2D eigenvalue weighted by Gasteiger charge is -2.14. The van der Waals surface area contributed by atoms with Crippen LogP contribution in [0.1, 0.15) is 19.8 Å². The fraction of sp³-hybridized carbons (Fsp3) is 0.385. The molecule has 1 rings (SSSR count). The average Bonchev–Trinajstić information content (AvgIpc) is 2.38. The van der Waals surface area contributed by atoms with E-state index in [2.05, 4.69) is 10.6 Å². The standard InChI is InChI=1S/C13H19N3O3/c1-3-4-8-14-12(17)15-10-6-5-7-11(9-10)16(2)13(18)19/h5-7,9H,3-4,8H2,1-2H3,(H,18,19)(H2,14,15,17). The van der Waals surface area contributed by atoms with Crippen LogP contribution < -0.4 is 15.5 Å². The van der Waals surface area contributed by atoms with Gasteiger partial charge in [-0.1, -0.05) is 19.4 Å². The van der Waals surface area contributed by atoms with Gasteiger partial charge in [-0.05, 0) is 24.6 Å². The number of carboxylic acid groups (broad SMARTS) is 1. The molecule has 0 saturated heterocycles. The minimum atomic E-state index is -1.05. The molecule has 0 aliphatic carbocycles. The molecule has 0 aliphatic heterocycles. The largest absolute Gasteiger partial charge is 0.465 e. The van der Waals surface area contributed by atoms with Crippen LogP contribution in [0, 0.1) is 0 Å². The second kappa shape index (κ2) is 7.25. The summed E-state index contributed by atoms with van der Waals surface area (Å²) in [5.41, 5.74) is 1.05. The molecule has 6 heteroatoms. The molecule has 19 heavy (non-hydrogen) atoms. The SMILES string of the molecule is CCCCNC(=O)Nc1cccc(N(C)C(=O)O)c1. The van der Waals surface area contributed by atoms with E-state index in [9.17, 15) is 9.59 Å². The Kier molecular flexibility index (Phi) is 5.66. The normalized spacial score (nSPS) is 9.79. The van der Waals surface area contributed by atoms with E-state index < -0.39 is 6.09 Å². The second-order valence-electron chi connectivity index (χ2n) is 4.13. The Hall–Kier alpha value is -2.24. The monoisotopic (exact) mass is 265 g/mol. The molecule has 0 radical (unpaired) electrons. The van der Waals surface area contributed by atoms with E-state index in [4.69, 9.17) is 5.11 Å². The van der Waals surface area contributed by atoms with E-state index in [1.54, 1.807) is 24.3 Å². The van der Waals surface area contributed by atoms with Crippen molar-refractivity contribution in [3.8, 4) is 0 Å². The van der Waals surface area contributed by atoms with Crippen molar-refractivity contribution in [1.82, 2.24) is 5.32 Å². The topological polar surface area (TPSA) is 81.7 Å². The van der Waals surface area contributed by atoms with Gasteiger partial charge < -0.3 is 15.7 Å². The maximum atomic E-state index is 11.6. The van der Waals surface area contributed by atoms with Crippen molar-refractivity contribution in [2.75, 3.05) is 23.8 Å². The van der Waals surface area contributed by atoms with Crippen LogP contribution >= 0.6 is 0 Å². The number of rotatable bonds is 5. The summed E-state index contributed by atoms with van der Waals surface area (Å²) in [5.74, 6) is 0. The van der Waals surface area contributed by atoms with Crippen molar-refractivity contribution in [2.24, 2.45) is 0 Å². The van der Waals surface area contributed by atoms with Gasteiger partial charge in [-0.25, -0.2) is 9.59 Å². The molecule has 0 aromatic heterocycles. The highest BCUT2D eigenvalue weighted by Crippen LogP contribution is 2.18. The number of unbranched alkanes of at least 4 members (excludes halogenated alkanes) is 1. The fourth-order valence-corrected chi connectivity index (χ4v) is 1.46. The number of nitrogens with one attached hydrogen (secondary N) is 2. The van der Waals surface area contributed by atoms with Crippen LogP contribution in [0.2, 0.25) is 0 Å². The minimum Gasteiger partial charge on any atom is -0.465 e. The number of hydrogen-bond donors (Lipinski definition) is 3. The maximum Gasteiger partial charge on any atom is 0.411 e. The molecule has 0 fully saturated rings. The number of benzene rings is 1. The number of carbonyl (C=O) groups excluding carboxylic acids is 1. The zero-order valence-corrected chi connectivity index (χ0v) is 11.1. The molecule has 104 valence electrons. The van der Waals surface area contributed by atoms with Crippen molar-refractivity contribution in [1.29, 1.82) is 0 Å². The number of nitrogens with zero attached hydrogens (tertiary/aromatic N) is 1. The van der Waals surface area contributed by atoms with E-state index in [0.717, 1.165) is 17.7 Å². The summed E-state index contributed by atoms with van der Waals surface area (Å²) in [5, 5.41) is 14.3. The van der Waals surface area contributed by atoms with Gasteiger partial charge in [-0.2, -0.15) is 0 Å². The summed E-state index contributed by atoms with van der Waals surface area (Å²) in [6, 6.07) is 6.38. The van der Waals surface area contributed by atoms with Crippen molar-refractivity contribution in [3.05, 3.63) is 24.3 Å². The first kappa shape index (κ1) is 14.8. The fourth-order valence-electron chi connectivity index (χ4n) is 1.46. The number of hydrogen-bond acceptors (Lipinski definition) is 2. The van der Waals surface area contributed by atoms with Gasteiger partial charge in [0.25, 0.3) is 0 Å². The van der Waals surface area contributed by atoms with Gasteiger partial charge in [0.05, 0.1) is 0 Å². The lowest BCUT2D eigenvalue weighted by atomic mass is 10.2. The minimum absolute atomic E-state index is 0.288. The van der Waals surface area contributed by atoms with Crippen LogP contribution in [0.25, 0.3) is 0 Å². The molecule has 0 bridgehead atoms. The predicted molar refractivity (Wildman–Crippen MR) is 74.8 cm³/mol. The summed E-state index contributed by atoms with van der Waals surface area (Å²) in [4.78, 5) is 23.5. The van der Waals surface area contributed by atoms with Gasteiger partial charge in [0, 0.05) is 25.0 Å². The van der Waals surface area contributed by atoms with Crippen LogP contribution in [0.15, 0.2) is 24.3 Å². The Balaban J connectivity index is 2.62. The van der Waals surface area contributed by atoms with Gasteiger partial charge in [-0.15, -0.1) is 0 Å². The highest BCUT2D eigenvalue weighted by Gasteiger charge is 2.09. The number of amides is 3. The third kappa shape index (κ3) is 4.87. The van der Waals surface area contributed by atoms with Gasteiger partial charge in [0.1, 0.15) is 0 Å². The second-order valence-corrected chi connectivity index (χ2v) is 4.13. The van der Waals surface area contributed by atoms with Crippen LogP contribution in [-0.2, 0) is 0 Å². The lowest BCUT2D eigenvalue weighted by Crippen LogP contribution is -2.29. The van der Waals surface area contributed by atoms with Crippen molar-refractivity contribution in [2.45, 2.75) is 19.8 Å². The highest BCUT2D eigenvalue weighted by molar-refractivity contribution is 5.91. The summed E-state index contributed by atoms with van der Waals surface area (Å²) in [6.07, 6.45) is 0.888. The average molecular weight is 265 g/mol. The van der Waals surface area contributed by atoms with Crippen LogP contribution in [0.4, 0.5) is 21.0 Å². The highest BCUT2D eigenvalue weighted by atomic mass is 16.4. The van der Waals surface area contributed by atoms with E-state index in [1.165, 1.54) is 7.05 Å². The van der Waals surface area contributed by atoms with Gasteiger partial charge in [-0.3, -0.25) is 4.90 Å². The van der Waals surface area contributed by atoms with Gasteiger partial charge >= 0.3 is 12.1 Å². The first-order valence-corrected chi connectivity index (χ1v) is 6.16. The smallest absolute Gasteiger partial charge is 0.411 e. The molecule has 0 atom stereocenters. The Morgan fingerprint density at radius 1 is 1.37 bits per heavy atom. The quantitative estimate of drug-likeness (QED) is 0.716. The van der Waals surface area contributed by atoms with Gasteiger partial charge in [0.2, 0.25) is 0 Å². The van der Waals surface area contributed by atoms with E-state index in [1.807, 2.05) is 6.92 Å². The molecule has 3 N–H and O–H groups in total. The zero-order chi connectivity index (χ0) is 14.3. The van der Waals surface area contributed by atoms with Crippen LogP contribution in [0.5, 0.6) is 0 Å². The predicted octanol–water partition coefficient (Wildman–Crippen LogP) is 2.72. The Labute approximate surface area is 112 Å². The molecule has 0 aliphatic rings. The number of urea groups is 1. The molecule has 1 aromatic carbocycles. The first-order valence-electron chi connectivity index (χ1n) is 6.16. The lowest BCUT2D eigenvalue weighted by molar-refractivity contribution is 0.203. The molecule has 3 amide bonds. The van der Waals surface area contributed by atoms with E-state index >= 15 is 0 Å². The number of anilines is 2. The third-order valence-electron chi connectivity index (χ3n) is 2.59. The molecule has 0 unspecified atom stereocenters. The third-order valence-corrected chi connectivity index (χ3v) is 2.59. The Bertz CT molecular complexity index is 449. The summed E-state index contributed by atoms with van der Waals surface area (Å²) in [7, 11) is 1.45. The Morgan fingerprint density at radius 3 is 2.74 bits per heavy atom. The summed E-state index contributed by atoms with van der Waals surface area (Å²) >= 11 is 0. The van der Waals surface area contributed by atoms with Crippen molar-refractivity contribution >= 4 is 23.5 Å². The molecule has 0 saturated carbocycles. The maximum absolute atomic E-state index is 11.6. The summed E-state index contributed by atoms with van der Waals surface area (Å²) in [6.45, 7) is 2.67. The van der Waals surface area contributed by atoms with Crippen molar-refractivity contribution in [3.63, 3.8) is 0 Å². The zero-order valence-electron chi connectivity index (χ0n) is 11.1. The van der Waals surface area contributed by atoms with Crippen molar-refractivity contribution < 1.29 is 14.7 Å². The molecule has 0 spiro atoms. The van der Waals surface area contributed by atoms with E-state index in [0.29, 0.717) is 17.9 Å². The molecular weight excluding hydrogens is 246 g/mol. The van der Waals surface area contributed by atoms with Gasteiger partial charge in [0.15, 0.2) is 0 Å². The molecule has 0 heterocycles. The first-order chi connectivity index (χ1) is 9.04. The summed E-state index contributed by atoms with van der Waals surface area (Å²) < 4.78 is 0. The molecule has 6 nitrogen and oxygen atoms in total. The van der Waals surface area contributed by atoms with Crippen LogP contribution in [-0.4, -0.2) is 30.8 Å². The molecular formula is C13H19N3O3. The Morgan fingerprint density at radius 2 is 2.11 bits per heavy atom. The molecule has 1 aromatic rings. The van der Waals surface area contributed by atoms with Crippen LogP contribution in [0.3, 0.4) is 0 Å². The van der Waals surface area contributed by atoms with E-state index in [-0.39, 0.29) is 6.03 Å².